The lowest BCUT2D eigenvalue weighted by atomic mass is 9.82. The standard InChI is InChI=1S/C24H30N2O2/c1-26(14-13-17-9-10-18-11-12-24(27)25-22(18)15-17)16-19-5-3-7-21-20(19)6-4-8-23(21)28-2/h4,6,8-10,15,19H,3,5,7,11-14,16H2,1-2H3,(H,25,27). The number of aryl methyl sites for hydroxylation is 1. The monoisotopic (exact) mass is 378 g/mol. The molecular formula is C24H30N2O2. The Kier molecular flexibility index (Phi) is 5.67. The predicted molar refractivity (Wildman–Crippen MR) is 113 cm³/mol. The molecule has 1 aliphatic heterocycles. The predicted octanol–water partition coefficient (Wildman–Crippen LogP) is 4.17. The van der Waals surface area contributed by atoms with Crippen molar-refractivity contribution in [3.63, 3.8) is 0 Å². The molecule has 1 atom stereocenters. The highest BCUT2D eigenvalue weighted by Crippen LogP contribution is 2.37. The van der Waals surface area contributed by atoms with Crippen LogP contribution in [0.5, 0.6) is 5.75 Å². The van der Waals surface area contributed by atoms with Crippen LogP contribution < -0.4 is 10.1 Å². The van der Waals surface area contributed by atoms with Crippen LogP contribution in [-0.2, 0) is 24.1 Å². The van der Waals surface area contributed by atoms with Gasteiger partial charge in [0.2, 0.25) is 5.91 Å². The first kappa shape index (κ1) is 19.0. The Balaban J connectivity index is 1.38. The molecule has 0 aromatic heterocycles. The van der Waals surface area contributed by atoms with Crippen LogP contribution in [0.4, 0.5) is 5.69 Å². The summed E-state index contributed by atoms with van der Waals surface area (Å²) in [5, 5.41) is 3.01. The summed E-state index contributed by atoms with van der Waals surface area (Å²) in [5.41, 5.74) is 6.42. The van der Waals surface area contributed by atoms with E-state index in [1.807, 2.05) is 0 Å². The fourth-order valence-electron chi connectivity index (χ4n) is 4.66. The van der Waals surface area contributed by atoms with Crippen LogP contribution in [0.3, 0.4) is 0 Å². The maximum absolute atomic E-state index is 11.6. The zero-order chi connectivity index (χ0) is 19.5. The van der Waals surface area contributed by atoms with Crippen LogP contribution in [0.25, 0.3) is 0 Å². The van der Waals surface area contributed by atoms with E-state index in [4.69, 9.17) is 4.74 Å². The highest BCUT2D eigenvalue weighted by atomic mass is 16.5. The van der Waals surface area contributed by atoms with E-state index in [2.05, 4.69) is 53.7 Å². The van der Waals surface area contributed by atoms with Gasteiger partial charge in [-0.3, -0.25) is 4.79 Å². The van der Waals surface area contributed by atoms with Crippen molar-refractivity contribution in [2.45, 2.75) is 44.4 Å². The third kappa shape index (κ3) is 4.07. The summed E-state index contributed by atoms with van der Waals surface area (Å²) in [6, 6.07) is 13.0. The van der Waals surface area contributed by atoms with Crippen molar-refractivity contribution in [3.05, 3.63) is 58.7 Å². The number of anilines is 1. The molecule has 0 saturated heterocycles. The number of methoxy groups -OCH3 is 1. The zero-order valence-electron chi connectivity index (χ0n) is 17.0. The maximum Gasteiger partial charge on any atom is 0.224 e. The number of hydrogen-bond acceptors (Lipinski definition) is 3. The average Bonchev–Trinajstić information content (AvgIpc) is 2.71. The molecule has 1 N–H and O–H groups in total. The Labute approximate surface area is 167 Å². The summed E-state index contributed by atoms with van der Waals surface area (Å²) < 4.78 is 5.58. The van der Waals surface area contributed by atoms with Crippen LogP contribution >= 0.6 is 0 Å². The summed E-state index contributed by atoms with van der Waals surface area (Å²) in [4.78, 5) is 14.1. The molecule has 1 unspecified atom stereocenters. The van der Waals surface area contributed by atoms with Crippen molar-refractivity contribution in [2.24, 2.45) is 0 Å². The first-order valence-electron chi connectivity index (χ1n) is 10.4. The summed E-state index contributed by atoms with van der Waals surface area (Å²) in [6.07, 6.45) is 6.05. The van der Waals surface area contributed by atoms with Gasteiger partial charge in [0.25, 0.3) is 0 Å². The Hall–Kier alpha value is -2.33. The Bertz CT molecular complexity index is 862. The molecule has 0 radical (unpaired) electrons. The number of likely N-dealkylation sites (N-methyl/N-ethyl adjacent to an activating group) is 1. The molecule has 0 bridgehead atoms. The fourth-order valence-corrected chi connectivity index (χ4v) is 4.66. The molecule has 4 nitrogen and oxygen atoms in total. The number of nitrogens with zero attached hydrogens (tertiary/aromatic N) is 1. The Morgan fingerprint density at radius 3 is 2.93 bits per heavy atom. The lowest BCUT2D eigenvalue weighted by molar-refractivity contribution is -0.116. The summed E-state index contributed by atoms with van der Waals surface area (Å²) in [7, 11) is 3.99. The fraction of sp³-hybridized carbons (Fsp3) is 0.458. The Morgan fingerprint density at radius 1 is 1.18 bits per heavy atom. The number of carbonyl (C=O) groups is 1. The summed E-state index contributed by atoms with van der Waals surface area (Å²) in [6.45, 7) is 2.09. The van der Waals surface area contributed by atoms with E-state index < -0.39 is 0 Å². The zero-order valence-corrected chi connectivity index (χ0v) is 17.0. The molecule has 1 heterocycles. The van der Waals surface area contributed by atoms with Crippen molar-refractivity contribution in [2.75, 3.05) is 32.6 Å². The SMILES string of the molecule is COc1cccc2c1CCCC2CN(C)CCc1ccc2c(c1)NC(=O)CC2. The second-order valence-electron chi connectivity index (χ2n) is 8.17. The van der Waals surface area contributed by atoms with Crippen LogP contribution in [0, 0.1) is 0 Å². The number of amides is 1. The van der Waals surface area contributed by atoms with E-state index >= 15 is 0 Å². The van der Waals surface area contributed by atoms with Gasteiger partial charge in [-0.05, 0) is 79.5 Å². The number of nitrogens with one attached hydrogen (secondary N) is 1. The first-order valence-corrected chi connectivity index (χ1v) is 10.4. The van der Waals surface area contributed by atoms with Gasteiger partial charge in [0.05, 0.1) is 7.11 Å². The highest BCUT2D eigenvalue weighted by Gasteiger charge is 2.23. The van der Waals surface area contributed by atoms with Gasteiger partial charge >= 0.3 is 0 Å². The van der Waals surface area contributed by atoms with Gasteiger partial charge in [-0.1, -0.05) is 24.3 Å². The molecule has 4 heteroatoms. The van der Waals surface area contributed by atoms with E-state index in [0.29, 0.717) is 12.3 Å². The highest BCUT2D eigenvalue weighted by molar-refractivity contribution is 5.93. The molecule has 2 aliphatic rings. The van der Waals surface area contributed by atoms with Crippen molar-refractivity contribution >= 4 is 11.6 Å². The molecule has 2 aromatic rings. The average molecular weight is 379 g/mol. The van der Waals surface area contributed by atoms with E-state index in [9.17, 15) is 4.79 Å². The maximum atomic E-state index is 11.6. The molecule has 1 aliphatic carbocycles. The van der Waals surface area contributed by atoms with Crippen LogP contribution in [0.2, 0.25) is 0 Å². The number of benzene rings is 2. The van der Waals surface area contributed by atoms with Gasteiger partial charge in [-0.15, -0.1) is 0 Å². The second kappa shape index (κ2) is 8.36. The molecule has 0 spiro atoms. The van der Waals surface area contributed by atoms with Crippen molar-refractivity contribution in [3.8, 4) is 5.75 Å². The van der Waals surface area contributed by atoms with Crippen LogP contribution in [0.15, 0.2) is 36.4 Å². The molecule has 148 valence electrons. The molecule has 1 amide bonds. The first-order chi connectivity index (χ1) is 13.6. The molecular weight excluding hydrogens is 348 g/mol. The van der Waals surface area contributed by atoms with E-state index in [0.717, 1.165) is 43.8 Å². The minimum Gasteiger partial charge on any atom is -0.496 e. The quantitative estimate of drug-likeness (QED) is 0.820. The minimum atomic E-state index is 0.133. The smallest absolute Gasteiger partial charge is 0.224 e. The second-order valence-corrected chi connectivity index (χ2v) is 8.17. The van der Waals surface area contributed by atoms with Crippen LogP contribution in [-0.4, -0.2) is 38.1 Å². The van der Waals surface area contributed by atoms with Gasteiger partial charge in [-0.2, -0.15) is 0 Å². The lowest BCUT2D eigenvalue weighted by Gasteiger charge is -2.30. The number of rotatable bonds is 6. The molecule has 0 fully saturated rings. The number of ether oxygens (including phenoxy) is 1. The number of carbonyl (C=O) groups excluding carboxylic acids is 1. The lowest BCUT2D eigenvalue weighted by Crippen LogP contribution is -2.28. The largest absolute Gasteiger partial charge is 0.496 e. The summed E-state index contributed by atoms with van der Waals surface area (Å²) in [5.74, 6) is 1.75. The third-order valence-electron chi connectivity index (χ3n) is 6.19. The van der Waals surface area contributed by atoms with Gasteiger partial charge in [0, 0.05) is 25.2 Å². The van der Waals surface area contributed by atoms with Crippen molar-refractivity contribution in [1.29, 1.82) is 0 Å². The number of fused-ring (bicyclic) bond motifs is 2. The van der Waals surface area contributed by atoms with Crippen molar-refractivity contribution < 1.29 is 9.53 Å². The number of hydrogen-bond donors (Lipinski definition) is 1. The van der Waals surface area contributed by atoms with Gasteiger partial charge in [-0.25, -0.2) is 0 Å². The van der Waals surface area contributed by atoms with E-state index in [1.165, 1.54) is 35.1 Å². The van der Waals surface area contributed by atoms with Crippen molar-refractivity contribution in [1.82, 2.24) is 4.90 Å². The topological polar surface area (TPSA) is 41.6 Å². The van der Waals surface area contributed by atoms with E-state index in [-0.39, 0.29) is 5.91 Å². The molecule has 28 heavy (non-hydrogen) atoms. The molecule has 4 rings (SSSR count). The van der Waals surface area contributed by atoms with Crippen LogP contribution in [0.1, 0.15) is 47.4 Å². The van der Waals surface area contributed by atoms with E-state index in [1.54, 1.807) is 7.11 Å². The normalized spacial score (nSPS) is 18.4. The minimum absolute atomic E-state index is 0.133. The van der Waals surface area contributed by atoms with Gasteiger partial charge in [0.15, 0.2) is 0 Å². The summed E-state index contributed by atoms with van der Waals surface area (Å²) >= 11 is 0. The Morgan fingerprint density at radius 2 is 2.07 bits per heavy atom. The molecule has 2 aromatic carbocycles. The molecule has 0 saturated carbocycles. The van der Waals surface area contributed by atoms with Gasteiger partial charge in [0.1, 0.15) is 5.75 Å². The third-order valence-corrected chi connectivity index (χ3v) is 6.19. The van der Waals surface area contributed by atoms with Gasteiger partial charge < -0.3 is 15.0 Å².